The number of hydrazine groups is 1. The number of hydrogen-bond acceptors (Lipinski definition) is 11. The Morgan fingerprint density at radius 2 is 1.62 bits per heavy atom. The second-order valence-electron chi connectivity index (χ2n) is 8.75. The third kappa shape index (κ3) is 3.23. The summed E-state index contributed by atoms with van der Waals surface area (Å²) in [6.07, 6.45) is 8.15. The van der Waals surface area contributed by atoms with Gasteiger partial charge in [0, 0.05) is 6.20 Å². The molecular weight excluding hydrogens is 512 g/mol. The molecule has 194 valence electrons. The topological polar surface area (TPSA) is 210 Å². The number of nitrogen functional groups attached to an aromatic ring is 1. The van der Waals surface area contributed by atoms with Crippen LogP contribution in [0.4, 0.5) is 11.6 Å². The zero-order valence-corrected chi connectivity index (χ0v) is 20.4. The first-order chi connectivity index (χ1) is 19.8. The molecule has 16 heteroatoms. The highest BCUT2D eigenvalue weighted by molar-refractivity contribution is 5.90. The molecule has 8 rings (SSSR count). The molecule has 0 spiro atoms. The number of fused-ring (bicyclic) bond motifs is 4. The number of benzene rings is 2. The number of imidazole rings is 2. The number of aromatic nitrogens is 12. The number of nitrogens with two attached hydrogens (primary N) is 1. The second kappa shape index (κ2) is 8.43. The van der Waals surface area contributed by atoms with Crippen LogP contribution in [0.2, 0.25) is 0 Å². The number of rotatable bonds is 5. The van der Waals surface area contributed by atoms with Crippen LogP contribution < -0.4 is 22.3 Å². The van der Waals surface area contributed by atoms with E-state index in [1.807, 2.05) is 36.4 Å². The molecule has 0 bridgehead atoms. The molecule has 7 N–H and O–H groups in total. The maximum Gasteiger partial charge on any atom is 0.270 e. The quantitative estimate of drug-likeness (QED) is 0.140. The average Bonchev–Trinajstić information content (AvgIpc) is 3.80. The SMILES string of the molecule is NNc1nc(=NNc2ncnc3c2cnn3-c2cccc3[nH]cnc23)nc2n(-c3cccc4[nH]cnc34)[nH]cc1-2. The largest absolute Gasteiger partial charge is 0.345 e. The van der Waals surface area contributed by atoms with E-state index in [0.717, 1.165) is 33.4 Å². The summed E-state index contributed by atoms with van der Waals surface area (Å²) >= 11 is 0. The standard InChI is InChI=1S/C24H18N16/c25-36-21-13-8-33-40(17-6-2-4-15-19(17)29-10-27-15)23(13)35-24(34-21)38-37-20-12-7-32-39(22(12)31-11-30-20)16-5-1-3-14-18(16)28-9-26-14/h1-11,33H,25H2,(H,26,28)(H,27,29)(H,30,31,37)(H,34,36,38). The van der Waals surface area contributed by atoms with Gasteiger partial charge in [-0.05, 0) is 24.3 Å². The number of nitrogens with zero attached hydrogens (tertiary/aromatic N) is 10. The summed E-state index contributed by atoms with van der Waals surface area (Å²) in [5, 5.41) is 12.8. The lowest BCUT2D eigenvalue weighted by atomic mass is 10.2. The highest BCUT2D eigenvalue weighted by Gasteiger charge is 2.20. The highest BCUT2D eigenvalue weighted by Crippen LogP contribution is 2.29. The van der Waals surface area contributed by atoms with E-state index in [2.05, 4.69) is 66.0 Å². The Kier molecular flexibility index (Phi) is 4.61. The molecule has 0 aliphatic carbocycles. The van der Waals surface area contributed by atoms with Gasteiger partial charge in [0.25, 0.3) is 5.62 Å². The first-order valence-electron chi connectivity index (χ1n) is 12.1. The van der Waals surface area contributed by atoms with Crippen molar-refractivity contribution in [3.05, 3.63) is 73.4 Å². The lowest BCUT2D eigenvalue weighted by Crippen LogP contribution is -2.22. The predicted octanol–water partition coefficient (Wildman–Crippen LogP) is 1.80. The summed E-state index contributed by atoms with van der Waals surface area (Å²) in [6, 6.07) is 11.6. The number of nitrogens with one attached hydrogen (secondary N) is 5. The summed E-state index contributed by atoms with van der Waals surface area (Å²) in [5.41, 5.74) is 11.9. The summed E-state index contributed by atoms with van der Waals surface area (Å²) in [5.74, 6) is 7.17. The van der Waals surface area contributed by atoms with E-state index in [0.29, 0.717) is 34.1 Å². The van der Waals surface area contributed by atoms with Gasteiger partial charge < -0.3 is 15.4 Å². The maximum atomic E-state index is 5.80. The third-order valence-corrected chi connectivity index (χ3v) is 6.55. The zero-order valence-electron chi connectivity index (χ0n) is 20.4. The van der Waals surface area contributed by atoms with Crippen LogP contribution in [0.25, 0.3) is 55.9 Å². The Morgan fingerprint density at radius 3 is 2.42 bits per heavy atom. The van der Waals surface area contributed by atoms with Crippen LogP contribution in [0.15, 0.2) is 72.9 Å². The van der Waals surface area contributed by atoms with Gasteiger partial charge in [0.05, 0.1) is 52.2 Å². The van der Waals surface area contributed by atoms with Crippen molar-refractivity contribution in [1.29, 1.82) is 0 Å². The van der Waals surface area contributed by atoms with Crippen LogP contribution in [-0.2, 0) is 0 Å². The molecule has 4 aromatic heterocycles. The molecule has 6 aromatic rings. The first kappa shape index (κ1) is 21.9. The van der Waals surface area contributed by atoms with Gasteiger partial charge in [0.2, 0.25) is 0 Å². The van der Waals surface area contributed by atoms with Crippen molar-refractivity contribution in [1.82, 2.24) is 59.4 Å². The molecular formula is C24H18N16. The molecule has 0 unspecified atom stereocenters. The second-order valence-corrected chi connectivity index (χ2v) is 8.75. The molecule has 0 amide bonds. The van der Waals surface area contributed by atoms with Gasteiger partial charge in [0.1, 0.15) is 17.4 Å². The van der Waals surface area contributed by atoms with E-state index >= 15 is 0 Å². The molecule has 0 saturated carbocycles. The van der Waals surface area contributed by atoms with Gasteiger partial charge in [-0.2, -0.15) is 15.1 Å². The fourth-order valence-electron chi connectivity index (χ4n) is 4.75. The van der Waals surface area contributed by atoms with Gasteiger partial charge in [-0.25, -0.2) is 35.1 Å². The molecule has 2 aliphatic rings. The fourth-order valence-corrected chi connectivity index (χ4v) is 4.75. The van der Waals surface area contributed by atoms with Crippen molar-refractivity contribution in [2.45, 2.75) is 0 Å². The van der Waals surface area contributed by atoms with Gasteiger partial charge >= 0.3 is 0 Å². The van der Waals surface area contributed by atoms with E-state index < -0.39 is 0 Å². The number of para-hydroxylation sites is 2. The Bertz CT molecular complexity index is 2210. The zero-order chi connectivity index (χ0) is 26.6. The van der Waals surface area contributed by atoms with Crippen LogP contribution in [0.1, 0.15) is 0 Å². The van der Waals surface area contributed by atoms with Crippen molar-refractivity contribution < 1.29 is 0 Å². The van der Waals surface area contributed by atoms with Crippen molar-refractivity contribution in [3.8, 4) is 22.8 Å². The van der Waals surface area contributed by atoms with Crippen LogP contribution in [0.5, 0.6) is 0 Å². The van der Waals surface area contributed by atoms with Crippen LogP contribution in [0.3, 0.4) is 0 Å². The van der Waals surface area contributed by atoms with Gasteiger partial charge in [-0.3, -0.25) is 10.5 Å². The first-order valence-corrected chi connectivity index (χ1v) is 12.1. The minimum atomic E-state index is 0.128. The van der Waals surface area contributed by atoms with Crippen molar-refractivity contribution in [2.24, 2.45) is 10.9 Å². The van der Waals surface area contributed by atoms with Crippen molar-refractivity contribution >= 4 is 44.7 Å². The lowest BCUT2D eigenvalue weighted by molar-refractivity contribution is 0.853. The van der Waals surface area contributed by atoms with Crippen LogP contribution >= 0.6 is 0 Å². The number of H-pyrrole nitrogens is 3. The van der Waals surface area contributed by atoms with Crippen LogP contribution in [-0.4, -0.2) is 59.4 Å². The molecule has 2 aromatic carbocycles. The Balaban J connectivity index is 1.22. The van der Waals surface area contributed by atoms with Crippen molar-refractivity contribution in [3.63, 3.8) is 0 Å². The van der Waals surface area contributed by atoms with E-state index in [9.17, 15) is 0 Å². The van der Waals surface area contributed by atoms with Gasteiger partial charge in [0.15, 0.2) is 23.1 Å². The van der Waals surface area contributed by atoms with E-state index in [4.69, 9.17) is 5.84 Å². The molecule has 0 radical (unpaired) electrons. The molecule has 16 nitrogen and oxygen atoms in total. The highest BCUT2D eigenvalue weighted by atomic mass is 15.4. The average molecular weight is 531 g/mol. The monoisotopic (exact) mass is 530 g/mol. The molecule has 0 saturated heterocycles. The van der Waals surface area contributed by atoms with E-state index in [-0.39, 0.29) is 5.62 Å². The summed E-state index contributed by atoms with van der Waals surface area (Å²) in [7, 11) is 0. The summed E-state index contributed by atoms with van der Waals surface area (Å²) in [6.45, 7) is 0. The normalized spacial score (nSPS) is 12.3. The third-order valence-electron chi connectivity index (χ3n) is 6.55. The Morgan fingerprint density at radius 1 is 0.850 bits per heavy atom. The van der Waals surface area contributed by atoms with Crippen LogP contribution in [0, 0.1) is 0 Å². The van der Waals surface area contributed by atoms with E-state index in [1.165, 1.54) is 6.33 Å². The molecule has 6 heterocycles. The lowest BCUT2D eigenvalue weighted by Gasteiger charge is -2.09. The number of anilines is 2. The molecule has 0 fully saturated rings. The minimum absolute atomic E-state index is 0.128. The minimum Gasteiger partial charge on any atom is -0.345 e. The molecule has 0 atom stereocenters. The summed E-state index contributed by atoms with van der Waals surface area (Å²) < 4.78 is 3.51. The Labute approximate surface area is 222 Å². The smallest absolute Gasteiger partial charge is 0.270 e. The fraction of sp³-hybridized carbons (Fsp3) is 0. The van der Waals surface area contributed by atoms with Gasteiger partial charge in [-0.1, -0.05) is 12.1 Å². The van der Waals surface area contributed by atoms with Crippen molar-refractivity contribution in [2.75, 3.05) is 10.9 Å². The predicted molar refractivity (Wildman–Crippen MR) is 145 cm³/mol. The number of hydrogen-bond donors (Lipinski definition) is 6. The molecule has 2 aliphatic heterocycles. The molecule has 40 heavy (non-hydrogen) atoms. The van der Waals surface area contributed by atoms with E-state index in [1.54, 1.807) is 34.4 Å². The number of aromatic amines is 3. The maximum absolute atomic E-state index is 5.80. The summed E-state index contributed by atoms with van der Waals surface area (Å²) in [4.78, 5) is 33.0. The van der Waals surface area contributed by atoms with Gasteiger partial charge in [-0.15, -0.1) is 5.10 Å². The Hall–Kier alpha value is -6.16.